The van der Waals surface area contributed by atoms with Gasteiger partial charge in [0.25, 0.3) is 5.91 Å². The largest absolute Gasteiger partial charge is 0.463 e. The monoisotopic (exact) mass is 536 g/mol. The highest BCUT2D eigenvalue weighted by Gasteiger charge is 2.27. The summed E-state index contributed by atoms with van der Waals surface area (Å²) in [6.45, 7) is 1.79. The van der Waals surface area contributed by atoms with E-state index in [2.05, 4.69) is 15.6 Å². The molecule has 0 saturated heterocycles. The number of hydrogen-bond acceptors (Lipinski definition) is 5. The lowest BCUT2D eigenvalue weighted by Crippen LogP contribution is -2.50. The molecule has 0 saturated carbocycles. The molecule has 0 radical (unpaired) electrons. The third-order valence-electron chi connectivity index (χ3n) is 5.35. The third-order valence-corrected chi connectivity index (χ3v) is 5.35. The number of esters is 1. The zero-order valence-electron chi connectivity index (χ0n) is 20.8. The summed E-state index contributed by atoms with van der Waals surface area (Å²) in [5.41, 5.74) is 6.19. The van der Waals surface area contributed by atoms with Crippen LogP contribution in [0.1, 0.15) is 47.9 Å². The van der Waals surface area contributed by atoms with Gasteiger partial charge in [0.2, 0.25) is 11.8 Å². The van der Waals surface area contributed by atoms with Crippen molar-refractivity contribution in [3.8, 4) is 0 Å². The summed E-state index contributed by atoms with van der Waals surface area (Å²) in [5, 5.41) is 5.31. The second-order valence-corrected chi connectivity index (χ2v) is 8.46. The van der Waals surface area contributed by atoms with Gasteiger partial charge >= 0.3 is 12.1 Å². The molecule has 0 aliphatic carbocycles. The molecule has 38 heavy (non-hydrogen) atoms. The molecule has 206 valence electrons. The fraction of sp³-hybridized carbons (Fsp3) is 0.385. The maximum atomic E-state index is 13.2. The van der Waals surface area contributed by atoms with Gasteiger partial charge in [-0.1, -0.05) is 36.4 Å². The van der Waals surface area contributed by atoms with Crippen molar-refractivity contribution in [2.24, 2.45) is 5.73 Å². The summed E-state index contributed by atoms with van der Waals surface area (Å²) in [5.74, 6) is -2.52. The van der Waals surface area contributed by atoms with Crippen LogP contribution in [0.5, 0.6) is 0 Å². The predicted molar refractivity (Wildman–Crippen MR) is 133 cm³/mol. The van der Waals surface area contributed by atoms with Crippen LogP contribution in [-0.2, 0) is 32.0 Å². The van der Waals surface area contributed by atoms with Gasteiger partial charge in [-0.2, -0.15) is 13.2 Å². The van der Waals surface area contributed by atoms with E-state index in [1.54, 1.807) is 37.3 Å². The fourth-order valence-electron chi connectivity index (χ4n) is 3.47. The first-order chi connectivity index (χ1) is 18.0. The summed E-state index contributed by atoms with van der Waals surface area (Å²) in [4.78, 5) is 51.8. The Kier molecular flexibility index (Phi) is 11.6. The lowest BCUT2D eigenvalue weighted by atomic mass is 10.0. The van der Waals surface area contributed by atoms with Gasteiger partial charge in [-0.3, -0.25) is 14.4 Å². The average Bonchev–Trinajstić information content (AvgIpc) is 3.33. The minimum absolute atomic E-state index is 0.000483. The van der Waals surface area contributed by atoms with Crippen LogP contribution in [0.3, 0.4) is 0 Å². The number of carbonyl (C=O) groups is 4. The highest BCUT2D eigenvalue weighted by atomic mass is 19.4. The molecule has 0 aliphatic heterocycles. The number of halogens is 3. The smallest absolute Gasteiger partial charge is 0.389 e. The van der Waals surface area contributed by atoms with E-state index in [0.29, 0.717) is 0 Å². The van der Waals surface area contributed by atoms with Gasteiger partial charge in [-0.15, -0.1) is 0 Å². The Labute approximate surface area is 218 Å². The van der Waals surface area contributed by atoms with Crippen molar-refractivity contribution in [3.63, 3.8) is 0 Å². The number of amides is 3. The molecule has 1 aromatic heterocycles. The highest BCUT2D eigenvalue weighted by Crippen LogP contribution is 2.22. The van der Waals surface area contributed by atoms with Crippen molar-refractivity contribution in [2.75, 3.05) is 6.61 Å². The van der Waals surface area contributed by atoms with E-state index in [4.69, 9.17) is 10.5 Å². The van der Waals surface area contributed by atoms with Crippen LogP contribution in [0, 0.1) is 0 Å². The Hall–Kier alpha value is -4.09. The second-order valence-electron chi connectivity index (χ2n) is 8.46. The quantitative estimate of drug-likeness (QED) is 0.217. The van der Waals surface area contributed by atoms with Gasteiger partial charge in [-0.05, 0) is 37.5 Å². The van der Waals surface area contributed by atoms with Crippen LogP contribution in [-0.4, -0.2) is 53.5 Å². The number of ether oxygens (including phenoxy) is 1. The predicted octanol–water partition coefficient (Wildman–Crippen LogP) is 2.72. The van der Waals surface area contributed by atoms with E-state index in [1.165, 1.54) is 18.2 Å². The maximum absolute atomic E-state index is 13.2. The van der Waals surface area contributed by atoms with Crippen molar-refractivity contribution in [2.45, 2.75) is 57.3 Å². The summed E-state index contributed by atoms with van der Waals surface area (Å²) in [6, 6.07) is 9.72. The number of carbonyl (C=O) groups excluding carboxylic acids is 4. The fourth-order valence-corrected chi connectivity index (χ4v) is 3.47. The Bertz CT molecular complexity index is 1120. The number of nitrogens with one attached hydrogen (secondary N) is 3. The van der Waals surface area contributed by atoms with Gasteiger partial charge in [0.15, 0.2) is 0 Å². The van der Waals surface area contributed by atoms with E-state index in [-0.39, 0.29) is 43.7 Å². The number of nitrogens with two attached hydrogens (primary N) is 1. The zero-order valence-corrected chi connectivity index (χ0v) is 20.8. The highest BCUT2D eigenvalue weighted by molar-refractivity contribution is 5.96. The normalized spacial score (nSPS) is 13.1. The Morgan fingerprint density at radius 1 is 1.08 bits per heavy atom. The number of aromatic amines is 1. The number of rotatable bonds is 14. The van der Waals surface area contributed by atoms with Crippen LogP contribution < -0.4 is 16.4 Å². The van der Waals surface area contributed by atoms with E-state index in [0.717, 1.165) is 11.6 Å². The van der Waals surface area contributed by atoms with Crippen LogP contribution in [0.2, 0.25) is 0 Å². The Morgan fingerprint density at radius 3 is 2.42 bits per heavy atom. The lowest BCUT2D eigenvalue weighted by molar-refractivity contribution is -0.137. The van der Waals surface area contributed by atoms with E-state index in [9.17, 15) is 32.3 Å². The number of benzene rings is 1. The third kappa shape index (κ3) is 11.3. The summed E-state index contributed by atoms with van der Waals surface area (Å²) < 4.78 is 42.4. The average molecular weight is 537 g/mol. The van der Waals surface area contributed by atoms with Gasteiger partial charge < -0.3 is 26.1 Å². The molecule has 2 atom stereocenters. The number of hydrogen-bond donors (Lipinski definition) is 4. The van der Waals surface area contributed by atoms with E-state index >= 15 is 0 Å². The minimum Gasteiger partial charge on any atom is -0.463 e. The molecule has 0 aliphatic rings. The SMILES string of the molecule is CCOC(=O)/C=C/[C@H](CCC(N)=O)NC(=O)[C@H](Cc1ccccc1)NC(=O)c1ccc(CCC(F)(F)F)[nH]1. The molecular weight excluding hydrogens is 505 g/mol. The van der Waals surface area contributed by atoms with Gasteiger partial charge in [0.05, 0.1) is 6.61 Å². The minimum atomic E-state index is -4.33. The van der Waals surface area contributed by atoms with Crippen LogP contribution in [0.4, 0.5) is 13.2 Å². The molecule has 0 unspecified atom stereocenters. The molecular formula is C26H31F3N4O5. The number of alkyl halides is 3. The molecule has 12 heteroatoms. The summed E-state index contributed by atoms with van der Waals surface area (Å²) in [7, 11) is 0. The standard InChI is InChI=1S/C26H31F3N4O5/c1-2-38-23(35)13-10-18(9-12-22(30)34)32-25(37)21(16-17-6-4-3-5-7-17)33-24(36)20-11-8-19(31-20)14-15-26(27,28)29/h3-8,10-11,13,18,21,31H,2,9,12,14-16H2,1H3,(H2,30,34)(H,32,37)(H,33,36)/b13-10+/t18-,21-/m0/s1. The second kappa shape index (κ2) is 14.6. The van der Waals surface area contributed by atoms with Gasteiger partial charge in [0, 0.05) is 37.1 Å². The van der Waals surface area contributed by atoms with Crippen LogP contribution in [0.15, 0.2) is 54.6 Å². The molecule has 1 aromatic carbocycles. The van der Waals surface area contributed by atoms with Gasteiger partial charge in [-0.25, -0.2) is 4.79 Å². The lowest BCUT2D eigenvalue weighted by Gasteiger charge is -2.22. The van der Waals surface area contributed by atoms with E-state index < -0.39 is 48.4 Å². The first kappa shape index (κ1) is 30.1. The van der Waals surface area contributed by atoms with Crippen molar-refractivity contribution < 1.29 is 37.1 Å². The topological polar surface area (TPSA) is 143 Å². The van der Waals surface area contributed by atoms with Gasteiger partial charge in [0.1, 0.15) is 11.7 Å². The zero-order chi connectivity index (χ0) is 28.1. The Morgan fingerprint density at radius 2 is 1.79 bits per heavy atom. The van der Waals surface area contributed by atoms with Crippen molar-refractivity contribution >= 4 is 23.7 Å². The summed E-state index contributed by atoms with van der Waals surface area (Å²) >= 11 is 0. The van der Waals surface area contributed by atoms with Crippen LogP contribution >= 0.6 is 0 Å². The van der Waals surface area contributed by atoms with Crippen molar-refractivity contribution in [1.82, 2.24) is 15.6 Å². The number of aryl methyl sites for hydroxylation is 1. The first-order valence-corrected chi connectivity index (χ1v) is 12.0. The molecule has 0 fully saturated rings. The van der Waals surface area contributed by atoms with Crippen LogP contribution in [0.25, 0.3) is 0 Å². The molecule has 2 aromatic rings. The molecule has 5 N–H and O–H groups in total. The molecule has 1 heterocycles. The maximum Gasteiger partial charge on any atom is 0.389 e. The Balaban J connectivity index is 2.18. The van der Waals surface area contributed by atoms with Crippen molar-refractivity contribution in [3.05, 3.63) is 71.6 Å². The van der Waals surface area contributed by atoms with E-state index in [1.807, 2.05) is 0 Å². The molecule has 0 bridgehead atoms. The molecule has 3 amide bonds. The van der Waals surface area contributed by atoms with Crippen molar-refractivity contribution in [1.29, 1.82) is 0 Å². The number of H-pyrrole nitrogens is 1. The summed E-state index contributed by atoms with van der Waals surface area (Å²) in [6.07, 6.45) is -3.07. The molecule has 2 rings (SSSR count). The number of aromatic nitrogens is 1. The molecule has 0 spiro atoms. The molecule has 9 nitrogen and oxygen atoms in total. The first-order valence-electron chi connectivity index (χ1n) is 12.0. The number of primary amides is 1.